The third-order valence-corrected chi connectivity index (χ3v) is 4.80. The van der Waals surface area contributed by atoms with Crippen molar-refractivity contribution in [3.8, 4) is 16.5 Å². The monoisotopic (exact) mass is 377 g/mol. The van der Waals surface area contributed by atoms with Crippen molar-refractivity contribution in [3.05, 3.63) is 46.1 Å². The molecule has 1 amide bonds. The molecule has 0 aliphatic carbocycles. The van der Waals surface area contributed by atoms with Crippen molar-refractivity contribution < 1.29 is 14.1 Å². The van der Waals surface area contributed by atoms with Crippen LogP contribution in [0, 0.1) is 6.92 Å². The summed E-state index contributed by atoms with van der Waals surface area (Å²) in [4.78, 5) is 17.4. The zero-order valence-electron chi connectivity index (χ0n) is 13.7. The number of anilines is 1. The predicted octanol–water partition coefficient (Wildman–Crippen LogP) is 4.34. The number of nitrogens with one attached hydrogen (secondary N) is 1. The van der Waals surface area contributed by atoms with E-state index in [4.69, 9.17) is 20.9 Å². The van der Waals surface area contributed by atoms with Gasteiger partial charge in [-0.25, -0.2) is 0 Å². The lowest BCUT2D eigenvalue weighted by Gasteiger charge is -2.12. The van der Waals surface area contributed by atoms with Crippen LogP contribution in [0.4, 0.5) is 5.69 Å². The van der Waals surface area contributed by atoms with Crippen molar-refractivity contribution in [1.82, 2.24) is 10.1 Å². The summed E-state index contributed by atoms with van der Waals surface area (Å²) in [5.41, 5.74) is 1.44. The summed E-state index contributed by atoms with van der Waals surface area (Å²) in [6.45, 7) is 1.86. The molecule has 1 N–H and O–H groups in total. The van der Waals surface area contributed by atoms with Crippen LogP contribution < -0.4 is 10.1 Å². The Morgan fingerprint density at radius 3 is 3.00 bits per heavy atom. The number of amides is 1. The minimum Gasteiger partial charge on any atom is -0.495 e. The van der Waals surface area contributed by atoms with Gasteiger partial charge >= 0.3 is 0 Å². The van der Waals surface area contributed by atoms with Gasteiger partial charge in [0.05, 0.1) is 17.7 Å². The van der Waals surface area contributed by atoms with Crippen LogP contribution in [0.1, 0.15) is 17.9 Å². The topological polar surface area (TPSA) is 77.2 Å². The van der Waals surface area contributed by atoms with E-state index in [9.17, 15) is 4.79 Å². The molecule has 2 heterocycles. The van der Waals surface area contributed by atoms with Crippen LogP contribution in [-0.2, 0) is 11.2 Å². The summed E-state index contributed by atoms with van der Waals surface area (Å²) in [5, 5.41) is 9.28. The highest BCUT2D eigenvalue weighted by molar-refractivity contribution is 7.13. The molecule has 0 aliphatic rings. The number of halogens is 1. The van der Waals surface area contributed by atoms with E-state index in [0.29, 0.717) is 34.6 Å². The Hall–Kier alpha value is -2.38. The number of ether oxygens (including phenoxy) is 1. The average Bonchev–Trinajstić information content (AvgIpc) is 3.27. The second-order valence-electron chi connectivity index (χ2n) is 5.34. The summed E-state index contributed by atoms with van der Waals surface area (Å²) >= 11 is 7.60. The maximum atomic E-state index is 12.2. The number of aromatic nitrogens is 2. The molecule has 25 heavy (non-hydrogen) atoms. The molecule has 3 aromatic rings. The molecule has 0 spiro atoms. The summed E-state index contributed by atoms with van der Waals surface area (Å²) in [7, 11) is 1.53. The Labute approximate surface area is 153 Å². The minimum atomic E-state index is -0.170. The van der Waals surface area contributed by atoms with Gasteiger partial charge in [-0.15, -0.1) is 11.3 Å². The van der Waals surface area contributed by atoms with Gasteiger partial charge in [0.1, 0.15) is 5.75 Å². The number of carbonyl (C=O) groups is 1. The zero-order chi connectivity index (χ0) is 17.8. The molecular formula is C17H16ClN3O3S. The normalized spacial score (nSPS) is 10.7. The second kappa shape index (κ2) is 7.67. The van der Waals surface area contributed by atoms with E-state index in [1.54, 1.807) is 12.1 Å². The van der Waals surface area contributed by atoms with Gasteiger partial charge in [-0.3, -0.25) is 4.79 Å². The van der Waals surface area contributed by atoms with Crippen LogP contribution in [0.5, 0.6) is 5.75 Å². The molecule has 1 aromatic carbocycles. The molecule has 0 atom stereocenters. The highest BCUT2D eigenvalue weighted by Crippen LogP contribution is 2.31. The molecule has 0 radical (unpaired) electrons. The Balaban J connectivity index is 1.61. The summed E-state index contributed by atoms with van der Waals surface area (Å²) in [6, 6.07) is 7.30. The van der Waals surface area contributed by atoms with E-state index in [0.717, 1.165) is 10.4 Å². The van der Waals surface area contributed by atoms with Crippen LogP contribution in [0.15, 0.2) is 34.2 Å². The van der Waals surface area contributed by atoms with Gasteiger partial charge in [0.15, 0.2) is 0 Å². The SMILES string of the molecule is COc1cc(Cl)c(C)cc1NC(=O)CCc1nc(-c2cccs2)no1. The Kier molecular flexibility index (Phi) is 5.35. The Morgan fingerprint density at radius 2 is 2.28 bits per heavy atom. The standard InChI is InChI=1S/C17H16ClN3O3S/c1-10-8-12(13(23-2)9-11(10)18)19-15(22)5-6-16-20-17(21-24-16)14-4-3-7-25-14/h3-4,7-9H,5-6H2,1-2H3,(H,19,22). The van der Waals surface area contributed by atoms with Crippen molar-refractivity contribution in [2.75, 3.05) is 12.4 Å². The van der Waals surface area contributed by atoms with E-state index in [-0.39, 0.29) is 12.3 Å². The van der Waals surface area contributed by atoms with Crippen molar-refractivity contribution >= 4 is 34.5 Å². The van der Waals surface area contributed by atoms with Gasteiger partial charge in [-0.1, -0.05) is 22.8 Å². The summed E-state index contributed by atoms with van der Waals surface area (Å²) in [5.74, 6) is 1.32. The fraction of sp³-hybridized carbons (Fsp3) is 0.235. The van der Waals surface area contributed by atoms with Gasteiger partial charge in [0, 0.05) is 23.9 Å². The predicted molar refractivity (Wildman–Crippen MR) is 97.3 cm³/mol. The first-order valence-corrected chi connectivity index (χ1v) is 8.83. The highest BCUT2D eigenvalue weighted by atomic mass is 35.5. The Bertz CT molecular complexity index is 877. The van der Waals surface area contributed by atoms with Gasteiger partial charge in [0.2, 0.25) is 17.6 Å². The number of hydrogen-bond donors (Lipinski definition) is 1. The molecule has 130 valence electrons. The van der Waals surface area contributed by atoms with E-state index >= 15 is 0 Å². The van der Waals surface area contributed by atoms with Crippen molar-refractivity contribution in [3.63, 3.8) is 0 Å². The maximum absolute atomic E-state index is 12.2. The highest BCUT2D eigenvalue weighted by Gasteiger charge is 2.13. The number of benzene rings is 1. The van der Waals surface area contributed by atoms with Crippen LogP contribution in [0.2, 0.25) is 5.02 Å². The number of thiophene rings is 1. The number of nitrogens with zero attached hydrogens (tertiary/aromatic N) is 2. The van der Waals surface area contributed by atoms with Crippen LogP contribution in [0.25, 0.3) is 10.7 Å². The smallest absolute Gasteiger partial charge is 0.227 e. The molecular weight excluding hydrogens is 362 g/mol. The molecule has 0 bridgehead atoms. The summed E-state index contributed by atoms with van der Waals surface area (Å²) < 4.78 is 10.4. The molecule has 2 aromatic heterocycles. The molecule has 0 saturated carbocycles. The van der Waals surface area contributed by atoms with Crippen molar-refractivity contribution in [2.45, 2.75) is 19.8 Å². The van der Waals surface area contributed by atoms with E-state index in [1.807, 2.05) is 24.4 Å². The Morgan fingerprint density at radius 1 is 1.44 bits per heavy atom. The molecule has 0 fully saturated rings. The first-order valence-electron chi connectivity index (χ1n) is 7.57. The summed E-state index contributed by atoms with van der Waals surface area (Å²) in [6.07, 6.45) is 0.579. The first kappa shape index (κ1) is 17.4. The van der Waals surface area contributed by atoms with Crippen molar-refractivity contribution in [2.24, 2.45) is 0 Å². The molecule has 0 unspecified atom stereocenters. The average molecular weight is 378 g/mol. The van der Waals surface area contributed by atoms with Crippen LogP contribution >= 0.6 is 22.9 Å². The number of rotatable bonds is 6. The number of methoxy groups -OCH3 is 1. The van der Waals surface area contributed by atoms with Gasteiger partial charge in [-0.05, 0) is 30.0 Å². The second-order valence-corrected chi connectivity index (χ2v) is 6.69. The van der Waals surface area contributed by atoms with E-state index in [1.165, 1.54) is 18.4 Å². The van der Waals surface area contributed by atoms with E-state index < -0.39 is 0 Å². The lowest BCUT2D eigenvalue weighted by Crippen LogP contribution is -2.13. The number of aryl methyl sites for hydroxylation is 2. The number of hydrogen-bond acceptors (Lipinski definition) is 6. The largest absolute Gasteiger partial charge is 0.495 e. The maximum Gasteiger partial charge on any atom is 0.227 e. The van der Waals surface area contributed by atoms with Gasteiger partial charge in [0.25, 0.3) is 0 Å². The third kappa shape index (κ3) is 4.18. The zero-order valence-corrected chi connectivity index (χ0v) is 15.3. The minimum absolute atomic E-state index is 0.170. The van der Waals surface area contributed by atoms with Crippen LogP contribution in [0.3, 0.4) is 0 Å². The van der Waals surface area contributed by atoms with Gasteiger partial charge < -0.3 is 14.6 Å². The van der Waals surface area contributed by atoms with Crippen molar-refractivity contribution in [1.29, 1.82) is 0 Å². The lowest BCUT2D eigenvalue weighted by molar-refractivity contribution is -0.116. The van der Waals surface area contributed by atoms with Gasteiger partial charge in [-0.2, -0.15) is 4.98 Å². The molecule has 6 nitrogen and oxygen atoms in total. The first-order chi connectivity index (χ1) is 12.1. The lowest BCUT2D eigenvalue weighted by atomic mass is 10.2. The fourth-order valence-corrected chi connectivity index (χ4v) is 3.03. The third-order valence-electron chi connectivity index (χ3n) is 3.53. The van der Waals surface area contributed by atoms with Crippen LogP contribution in [-0.4, -0.2) is 23.2 Å². The molecule has 3 rings (SSSR count). The number of carbonyl (C=O) groups excluding carboxylic acids is 1. The molecule has 8 heteroatoms. The molecule has 0 saturated heterocycles. The van der Waals surface area contributed by atoms with E-state index in [2.05, 4.69) is 15.5 Å². The molecule has 0 aliphatic heterocycles. The quantitative estimate of drug-likeness (QED) is 0.691. The fourth-order valence-electron chi connectivity index (χ4n) is 2.23.